The first-order chi connectivity index (χ1) is 13.5. The number of anilines is 2. The lowest BCUT2D eigenvalue weighted by Crippen LogP contribution is -2.33. The molecule has 1 aliphatic heterocycles. The van der Waals surface area contributed by atoms with Crippen molar-refractivity contribution in [3.05, 3.63) is 40.0 Å². The molecule has 2 aromatic heterocycles. The average Bonchev–Trinajstić information content (AvgIpc) is 3.20. The van der Waals surface area contributed by atoms with Crippen molar-refractivity contribution in [2.75, 3.05) is 18.5 Å². The highest BCUT2D eigenvalue weighted by Crippen LogP contribution is 2.40. The van der Waals surface area contributed by atoms with Crippen LogP contribution in [-0.2, 0) is 22.5 Å². The summed E-state index contributed by atoms with van der Waals surface area (Å²) in [7, 11) is 0. The van der Waals surface area contributed by atoms with Crippen LogP contribution in [0.3, 0.4) is 0 Å². The molecule has 3 aromatic rings. The largest absolute Gasteiger partial charge is 0.462 e. The van der Waals surface area contributed by atoms with Crippen LogP contribution in [0.25, 0.3) is 10.2 Å². The molecule has 0 radical (unpaired) electrons. The Morgan fingerprint density at radius 1 is 1.36 bits per heavy atom. The number of amides is 1. The van der Waals surface area contributed by atoms with E-state index in [2.05, 4.69) is 10.3 Å². The van der Waals surface area contributed by atoms with Gasteiger partial charge in [-0.25, -0.2) is 14.2 Å². The van der Waals surface area contributed by atoms with Gasteiger partial charge in [0, 0.05) is 18.3 Å². The summed E-state index contributed by atoms with van der Waals surface area (Å²) in [5, 5.41) is 4.44. The molecule has 0 unspecified atom stereocenters. The fraction of sp³-hybridized carbons (Fsp3) is 0.316. The van der Waals surface area contributed by atoms with Crippen LogP contribution in [0.4, 0.5) is 14.5 Å². The molecule has 3 heterocycles. The molecule has 9 heteroatoms. The third kappa shape index (κ3) is 3.47. The first-order valence-electron chi connectivity index (χ1n) is 8.86. The maximum atomic E-state index is 13.5. The smallest absolute Gasteiger partial charge is 0.341 e. The molecular weight excluding hydrogens is 401 g/mol. The van der Waals surface area contributed by atoms with E-state index in [-0.39, 0.29) is 24.3 Å². The van der Waals surface area contributed by atoms with Crippen molar-refractivity contribution < 1.29 is 18.7 Å². The van der Waals surface area contributed by atoms with Crippen LogP contribution >= 0.6 is 22.7 Å². The molecule has 1 aliphatic rings. The van der Waals surface area contributed by atoms with Gasteiger partial charge in [0.05, 0.1) is 28.9 Å². The number of carbonyl (C=O) groups is 2. The number of hydrogen-bond donors (Lipinski definition) is 1. The van der Waals surface area contributed by atoms with Gasteiger partial charge < -0.3 is 15.0 Å². The van der Waals surface area contributed by atoms with Crippen molar-refractivity contribution in [2.24, 2.45) is 0 Å². The lowest BCUT2D eigenvalue weighted by molar-refractivity contribution is -0.129. The highest BCUT2D eigenvalue weighted by molar-refractivity contribution is 7.23. The molecule has 0 bridgehead atoms. The van der Waals surface area contributed by atoms with Gasteiger partial charge in [-0.2, -0.15) is 0 Å². The normalized spacial score (nSPS) is 13.5. The molecular formula is C19H18FN3O3S2. The highest BCUT2D eigenvalue weighted by Gasteiger charge is 2.30. The fourth-order valence-electron chi connectivity index (χ4n) is 3.23. The summed E-state index contributed by atoms with van der Waals surface area (Å²) >= 11 is 2.75. The summed E-state index contributed by atoms with van der Waals surface area (Å²) in [4.78, 5) is 31.6. The summed E-state index contributed by atoms with van der Waals surface area (Å²) in [5.41, 5.74) is 2.13. The predicted octanol–water partition coefficient (Wildman–Crippen LogP) is 4.32. The summed E-state index contributed by atoms with van der Waals surface area (Å²) < 4.78 is 19.4. The molecule has 6 nitrogen and oxygen atoms in total. The molecule has 146 valence electrons. The molecule has 0 atom stereocenters. The van der Waals surface area contributed by atoms with E-state index >= 15 is 0 Å². The standard InChI is InChI=1S/C19H18FN3O3S2/c1-3-26-18(25)16-12-6-7-23(10(2)24)9-15(12)27-17(16)22-19-21-13-5-4-11(20)8-14(13)28-19/h4-5,8H,3,6-7,9H2,1-2H3,(H,21,22). The Morgan fingerprint density at radius 2 is 2.18 bits per heavy atom. The SMILES string of the molecule is CCOC(=O)c1c(Nc2nc3ccc(F)cc3s2)sc2c1CCN(C(C)=O)C2. The fourth-order valence-corrected chi connectivity index (χ4v) is 5.44. The Morgan fingerprint density at radius 3 is 2.93 bits per heavy atom. The number of halogens is 1. The quantitative estimate of drug-likeness (QED) is 0.638. The van der Waals surface area contributed by atoms with Gasteiger partial charge in [-0.3, -0.25) is 4.79 Å². The van der Waals surface area contributed by atoms with Crippen LogP contribution in [0.15, 0.2) is 18.2 Å². The second-order valence-corrected chi connectivity index (χ2v) is 8.51. The third-order valence-corrected chi connectivity index (χ3v) is 6.62. The van der Waals surface area contributed by atoms with Gasteiger partial charge in [-0.15, -0.1) is 11.3 Å². The van der Waals surface area contributed by atoms with E-state index in [1.807, 2.05) is 0 Å². The molecule has 0 fully saturated rings. The Hall–Kier alpha value is -2.52. The van der Waals surface area contributed by atoms with Crippen molar-refractivity contribution in [3.63, 3.8) is 0 Å². The summed E-state index contributed by atoms with van der Waals surface area (Å²) in [6.45, 7) is 4.65. The topological polar surface area (TPSA) is 71.5 Å². The Balaban J connectivity index is 1.72. The Kier molecular flexibility index (Phi) is 5.03. The number of thiazole rings is 1. The number of ether oxygens (including phenoxy) is 1. The number of carbonyl (C=O) groups excluding carboxylic acids is 2. The molecule has 0 aliphatic carbocycles. The maximum absolute atomic E-state index is 13.5. The second kappa shape index (κ2) is 7.48. The Labute approximate surface area is 168 Å². The number of hydrogen-bond acceptors (Lipinski definition) is 7. The van der Waals surface area contributed by atoms with E-state index in [1.54, 1.807) is 24.8 Å². The van der Waals surface area contributed by atoms with Crippen molar-refractivity contribution in [1.82, 2.24) is 9.88 Å². The number of aromatic nitrogens is 1. The van der Waals surface area contributed by atoms with Crippen molar-refractivity contribution in [2.45, 2.75) is 26.8 Å². The van der Waals surface area contributed by atoms with Crippen LogP contribution in [0.2, 0.25) is 0 Å². The third-order valence-electron chi connectivity index (χ3n) is 4.55. The summed E-state index contributed by atoms with van der Waals surface area (Å²) in [5.74, 6) is -0.684. The second-order valence-electron chi connectivity index (χ2n) is 6.38. The van der Waals surface area contributed by atoms with Crippen molar-refractivity contribution in [1.29, 1.82) is 0 Å². The van der Waals surface area contributed by atoms with E-state index in [1.165, 1.54) is 34.8 Å². The number of nitrogens with zero attached hydrogens (tertiary/aromatic N) is 2. The average molecular weight is 420 g/mol. The van der Waals surface area contributed by atoms with E-state index in [9.17, 15) is 14.0 Å². The number of fused-ring (bicyclic) bond motifs is 2. The first-order valence-corrected chi connectivity index (χ1v) is 10.5. The van der Waals surface area contributed by atoms with Crippen LogP contribution < -0.4 is 5.32 Å². The summed E-state index contributed by atoms with van der Waals surface area (Å²) in [6.07, 6.45) is 0.603. The summed E-state index contributed by atoms with van der Waals surface area (Å²) in [6, 6.07) is 4.44. The van der Waals surface area contributed by atoms with Crippen molar-refractivity contribution in [3.8, 4) is 0 Å². The van der Waals surface area contributed by atoms with E-state index in [4.69, 9.17) is 4.74 Å². The number of thiophene rings is 1. The number of rotatable bonds is 4. The van der Waals surface area contributed by atoms with Gasteiger partial charge in [0.1, 0.15) is 10.8 Å². The molecule has 28 heavy (non-hydrogen) atoms. The minimum absolute atomic E-state index is 0.0134. The van der Waals surface area contributed by atoms with Crippen LogP contribution in [-0.4, -0.2) is 34.9 Å². The maximum Gasteiger partial charge on any atom is 0.341 e. The minimum atomic E-state index is -0.383. The van der Waals surface area contributed by atoms with Gasteiger partial charge in [0.2, 0.25) is 5.91 Å². The molecule has 1 N–H and O–H groups in total. The highest BCUT2D eigenvalue weighted by atomic mass is 32.1. The van der Waals surface area contributed by atoms with Gasteiger partial charge >= 0.3 is 5.97 Å². The van der Waals surface area contributed by atoms with Crippen LogP contribution in [0.5, 0.6) is 0 Å². The number of benzene rings is 1. The first kappa shape index (κ1) is 18.8. The van der Waals surface area contributed by atoms with Gasteiger partial charge in [0.25, 0.3) is 0 Å². The van der Waals surface area contributed by atoms with Crippen LogP contribution in [0.1, 0.15) is 34.6 Å². The Bertz CT molecular complexity index is 1080. The number of nitrogens with one attached hydrogen (secondary N) is 1. The lowest BCUT2D eigenvalue weighted by atomic mass is 10.0. The van der Waals surface area contributed by atoms with Gasteiger partial charge in [0.15, 0.2) is 5.13 Å². The number of esters is 1. The monoisotopic (exact) mass is 419 g/mol. The van der Waals surface area contributed by atoms with E-state index in [0.717, 1.165) is 15.1 Å². The zero-order valence-corrected chi connectivity index (χ0v) is 17.0. The molecule has 1 amide bonds. The lowest BCUT2D eigenvalue weighted by Gasteiger charge is -2.25. The van der Waals surface area contributed by atoms with E-state index in [0.29, 0.717) is 40.7 Å². The minimum Gasteiger partial charge on any atom is -0.462 e. The molecule has 1 aromatic carbocycles. The van der Waals surface area contributed by atoms with Crippen molar-refractivity contribution >= 4 is 54.9 Å². The van der Waals surface area contributed by atoms with Gasteiger partial charge in [-0.1, -0.05) is 11.3 Å². The molecule has 0 saturated carbocycles. The molecule has 0 saturated heterocycles. The zero-order valence-electron chi connectivity index (χ0n) is 15.4. The molecule has 4 rings (SSSR count). The van der Waals surface area contributed by atoms with Gasteiger partial charge in [-0.05, 0) is 37.1 Å². The van der Waals surface area contributed by atoms with E-state index < -0.39 is 0 Å². The predicted molar refractivity (Wildman–Crippen MR) is 108 cm³/mol. The van der Waals surface area contributed by atoms with Crippen LogP contribution in [0, 0.1) is 5.82 Å². The molecule has 0 spiro atoms. The zero-order chi connectivity index (χ0) is 19.8.